The van der Waals surface area contributed by atoms with E-state index in [1.165, 1.54) is 0 Å². The summed E-state index contributed by atoms with van der Waals surface area (Å²) in [6.07, 6.45) is 4.28. The number of carbonyl (C=O) groups is 2. The van der Waals surface area contributed by atoms with Gasteiger partial charge < -0.3 is 15.7 Å². The summed E-state index contributed by atoms with van der Waals surface area (Å²) in [6.45, 7) is 2.61. The van der Waals surface area contributed by atoms with Crippen molar-refractivity contribution >= 4 is 11.8 Å². The zero-order valence-electron chi connectivity index (χ0n) is 11.5. The van der Waals surface area contributed by atoms with Gasteiger partial charge in [-0.05, 0) is 25.2 Å². The van der Waals surface area contributed by atoms with Crippen LogP contribution in [0, 0.1) is 17.8 Å². The van der Waals surface area contributed by atoms with E-state index < -0.39 is 0 Å². The number of aliphatic hydroxyl groups is 1. The first-order valence-electron chi connectivity index (χ1n) is 7.29. The molecule has 0 spiro atoms. The molecule has 0 radical (unpaired) electrons. The molecule has 5 heteroatoms. The molecule has 0 bridgehead atoms. The lowest BCUT2D eigenvalue weighted by Crippen LogP contribution is -2.40. The van der Waals surface area contributed by atoms with Crippen LogP contribution in [0.5, 0.6) is 0 Å². The van der Waals surface area contributed by atoms with Gasteiger partial charge in [0, 0.05) is 37.5 Å². The number of amides is 2. The standard InChI is InChI=1S/C14H24N2O3/c1-9-7-11(9)14(19)15-6-5-13(18)16-12-4-2-3-10(12)8-17/h9-12,17H,2-8H2,1H3,(H,15,19)(H,16,18). The molecule has 2 amide bonds. The van der Waals surface area contributed by atoms with Crippen molar-refractivity contribution < 1.29 is 14.7 Å². The van der Waals surface area contributed by atoms with Crippen LogP contribution in [0.4, 0.5) is 0 Å². The highest BCUT2D eigenvalue weighted by Crippen LogP contribution is 2.37. The van der Waals surface area contributed by atoms with Crippen LogP contribution in [0.3, 0.4) is 0 Å². The van der Waals surface area contributed by atoms with Crippen molar-refractivity contribution in [1.29, 1.82) is 0 Å². The minimum Gasteiger partial charge on any atom is -0.396 e. The lowest BCUT2D eigenvalue weighted by molar-refractivity contribution is -0.123. The third-order valence-electron chi connectivity index (χ3n) is 4.34. The third-order valence-corrected chi connectivity index (χ3v) is 4.34. The molecule has 2 aliphatic rings. The summed E-state index contributed by atoms with van der Waals surface area (Å²) in [7, 11) is 0. The Balaban J connectivity index is 1.60. The summed E-state index contributed by atoms with van der Waals surface area (Å²) in [5.74, 6) is 0.907. The highest BCUT2D eigenvalue weighted by molar-refractivity contribution is 5.82. The van der Waals surface area contributed by atoms with E-state index in [4.69, 9.17) is 0 Å². The van der Waals surface area contributed by atoms with Crippen LogP contribution < -0.4 is 10.6 Å². The highest BCUT2D eigenvalue weighted by atomic mass is 16.3. The first-order chi connectivity index (χ1) is 9.11. The van der Waals surface area contributed by atoms with Crippen LogP contribution in [0.2, 0.25) is 0 Å². The summed E-state index contributed by atoms with van der Waals surface area (Å²) >= 11 is 0. The van der Waals surface area contributed by atoms with Gasteiger partial charge in [0.2, 0.25) is 11.8 Å². The Hall–Kier alpha value is -1.10. The van der Waals surface area contributed by atoms with Gasteiger partial charge in [-0.15, -0.1) is 0 Å². The molecule has 0 aromatic carbocycles. The van der Waals surface area contributed by atoms with Crippen LogP contribution in [-0.4, -0.2) is 36.1 Å². The SMILES string of the molecule is CC1CC1C(=O)NCCC(=O)NC1CCCC1CO. The van der Waals surface area contributed by atoms with Gasteiger partial charge in [-0.25, -0.2) is 0 Å². The van der Waals surface area contributed by atoms with E-state index >= 15 is 0 Å². The average molecular weight is 268 g/mol. The van der Waals surface area contributed by atoms with Gasteiger partial charge in [0.15, 0.2) is 0 Å². The summed E-state index contributed by atoms with van der Waals surface area (Å²) in [6, 6.07) is 0.108. The van der Waals surface area contributed by atoms with Crippen LogP contribution >= 0.6 is 0 Å². The van der Waals surface area contributed by atoms with E-state index in [0.717, 1.165) is 25.7 Å². The quantitative estimate of drug-likeness (QED) is 0.653. The van der Waals surface area contributed by atoms with Crippen molar-refractivity contribution in [3.63, 3.8) is 0 Å². The number of nitrogens with one attached hydrogen (secondary N) is 2. The highest BCUT2D eigenvalue weighted by Gasteiger charge is 2.38. The minimum absolute atomic E-state index is 0.0329. The Morgan fingerprint density at radius 3 is 2.68 bits per heavy atom. The number of carbonyl (C=O) groups excluding carboxylic acids is 2. The molecule has 2 saturated carbocycles. The van der Waals surface area contributed by atoms with Crippen LogP contribution in [-0.2, 0) is 9.59 Å². The maximum absolute atomic E-state index is 11.7. The lowest BCUT2D eigenvalue weighted by atomic mass is 10.1. The first kappa shape index (κ1) is 14.3. The molecule has 19 heavy (non-hydrogen) atoms. The monoisotopic (exact) mass is 268 g/mol. The van der Waals surface area contributed by atoms with Crippen molar-refractivity contribution in [1.82, 2.24) is 10.6 Å². The van der Waals surface area contributed by atoms with Gasteiger partial charge in [0.25, 0.3) is 0 Å². The molecule has 0 saturated heterocycles. The molecule has 4 unspecified atom stereocenters. The van der Waals surface area contributed by atoms with Gasteiger partial charge in [0.05, 0.1) is 0 Å². The molecule has 2 aliphatic carbocycles. The van der Waals surface area contributed by atoms with E-state index in [0.29, 0.717) is 18.9 Å². The van der Waals surface area contributed by atoms with E-state index in [-0.39, 0.29) is 36.3 Å². The summed E-state index contributed by atoms with van der Waals surface area (Å²) < 4.78 is 0. The maximum Gasteiger partial charge on any atom is 0.223 e. The van der Waals surface area contributed by atoms with Gasteiger partial charge in [0.1, 0.15) is 0 Å². The summed E-state index contributed by atoms with van der Waals surface area (Å²) in [4.78, 5) is 23.3. The number of hydrogen-bond donors (Lipinski definition) is 3. The van der Waals surface area contributed by atoms with Gasteiger partial charge in [-0.3, -0.25) is 9.59 Å². The summed E-state index contributed by atoms with van der Waals surface area (Å²) in [5.41, 5.74) is 0. The minimum atomic E-state index is -0.0329. The van der Waals surface area contributed by atoms with Gasteiger partial charge in [-0.2, -0.15) is 0 Å². The molecule has 0 aromatic heterocycles. The molecule has 3 N–H and O–H groups in total. The third kappa shape index (κ3) is 3.93. The Bertz CT molecular complexity index is 346. The van der Waals surface area contributed by atoms with Crippen LogP contribution in [0.1, 0.15) is 39.0 Å². The first-order valence-corrected chi connectivity index (χ1v) is 7.29. The second kappa shape index (κ2) is 6.37. The van der Waals surface area contributed by atoms with Crippen molar-refractivity contribution in [2.24, 2.45) is 17.8 Å². The second-order valence-corrected chi connectivity index (χ2v) is 5.91. The molecule has 4 atom stereocenters. The Morgan fingerprint density at radius 1 is 1.32 bits per heavy atom. The van der Waals surface area contributed by atoms with E-state index in [2.05, 4.69) is 17.6 Å². The van der Waals surface area contributed by atoms with Crippen molar-refractivity contribution in [2.75, 3.05) is 13.2 Å². The Labute approximate surface area is 114 Å². The van der Waals surface area contributed by atoms with Crippen molar-refractivity contribution in [3.05, 3.63) is 0 Å². The van der Waals surface area contributed by atoms with Crippen molar-refractivity contribution in [3.8, 4) is 0 Å². The molecule has 2 fully saturated rings. The normalized spacial score (nSPS) is 32.9. The average Bonchev–Trinajstić information content (AvgIpc) is 2.94. The fourth-order valence-corrected chi connectivity index (χ4v) is 2.84. The molecular formula is C14H24N2O3. The predicted octanol–water partition coefficient (Wildman–Crippen LogP) is 0.426. The zero-order valence-corrected chi connectivity index (χ0v) is 11.5. The smallest absolute Gasteiger partial charge is 0.223 e. The molecule has 108 valence electrons. The van der Waals surface area contributed by atoms with Crippen LogP contribution in [0.25, 0.3) is 0 Å². The Morgan fingerprint density at radius 2 is 2.05 bits per heavy atom. The number of rotatable bonds is 6. The topological polar surface area (TPSA) is 78.4 Å². The molecule has 0 heterocycles. The second-order valence-electron chi connectivity index (χ2n) is 5.91. The van der Waals surface area contributed by atoms with Gasteiger partial charge >= 0.3 is 0 Å². The molecule has 0 aromatic rings. The molecule has 0 aliphatic heterocycles. The zero-order chi connectivity index (χ0) is 13.8. The van der Waals surface area contributed by atoms with E-state index in [1.54, 1.807) is 0 Å². The lowest BCUT2D eigenvalue weighted by Gasteiger charge is -2.19. The molecule has 5 nitrogen and oxygen atoms in total. The fraction of sp³-hybridized carbons (Fsp3) is 0.857. The van der Waals surface area contributed by atoms with E-state index in [9.17, 15) is 14.7 Å². The van der Waals surface area contributed by atoms with Gasteiger partial charge in [-0.1, -0.05) is 13.3 Å². The number of hydrogen-bond acceptors (Lipinski definition) is 3. The molecule has 2 rings (SSSR count). The summed E-state index contributed by atoms with van der Waals surface area (Å²) in [5, 5.41) is 14.9. The predicted molar refractivity (Wildman–Crippen MR) is 71.3 cm³/mol. The molecular weight excluding hydrogens is 244 g/mol. The maximum atomic E-state index is 11.7. The number of aliphatic hydroxyl groups excluding tert-OH is 1. The Kier molecular flexibility index (Phi) is 4.80. The van der Waals surface area contributed by atoms with Crippen LogP contribution in [0.15, 0.2) is 0 Å². The fourth-order valence-electron chi connectivity index (χ4n) is 2.84. The van der Waals surface area contributed by atoms with Crippen molar-refractivity contribution in [2.45, 2.75) is 45.1 Å². The van der Waals surface area contributed by atoms with E-state index in [1.807, 2.05) is 0 Å². The largest absolute Gasteiger partial charge is 0.396 e.